The lowest BCUT2D eigenvalue weighted by molar-refractivity contribution is -0.384. The summed E-state index contributed by atoms with van der Waals surface area (Å²) < 4.78 is 25.7. The maximum atomic E-state index is 12.3. The van der Waals surface area contributed by atoms with E-state index in [9.17, 15) is 18.5 Å². The molecule has 1 aliphatic heterocycles. The van der Waals surface area contributed by atoms with E-state index in [4.69, 9.17) is 11.6 Å². The third-order valence-corrected chi connectivity index (χ3v) is 6.72. The number of hydrogen-bond acceptors (Lipinski definition) is 6. The first-order chi connectivity index (χ1) is 8.84. The quantitative estimate of drug-likeness (QED) is 0.665. The number of nitrogens with one attached hydrogen (secondary N) is 1. The topological polar surface area (TPSA) is 92.6 Å². The molecule has 0 spiro atoms. The van der Waals surface area contributed by atoms with Crippen LogP contribution in [-0.4, -0.2) is 43.8 Å². The maximum absolute atomic E-state index is 12.3. The fraction of sp³-hybridized carbons (Fsp3) is 0.556. The van der Waals surface area contributed by atoms with E-state index in [1.54, 1.807) is 0 Å². The Balaban J connectivity index is 2.33. The summed E-state index contributed by atoms with van der Waals surface area (Å²) in [6, 6.07) is 0.881. The standard InChI is InChI=1S/C9H12ClN3O4S2/c1-12(6-2-3-11-5-6)19(16,17)8-4-7(13(14)15)9(10)18-8/h4,6,11H,2-3,5H2,1H3. The van der Waals surface area contributed by atoms with Gasteiger partial charge >= 0.3 is 0 Å². The minimum Gasteiger partial charge on any atom is -0.315 e. The summed E-state index contributed by atoms with van der Waals surface area (Å²) in [6.07, 6.45) is 0.719. The van der Waals surface area contributed by atoms with Gasteiger partial charge in [-0.3, -0.25) is 10.1 Å². The highest BCUT2D eigenvalue weighted by Crippen LogP contribution is 2.37. The van der Waals surface area contributed by atoms with E-state index in [-0.39, 0.29) is 20.3 Å². The van der Waals surface area contributed by atoms with Crippen molar-refractivity contribution in [3.05, 3.63) is 20.5 Å². The van der Waals surface area contributed by atoms with Gasteiger partial charge in [-0.1, -0.05) is 11.6 Å². The highest BCUT2D eigenvalue weighted by Gasteiger charge is 2.33. The number of halogens is 1. The fourth-order valence-corrected chi connectivity index (χ4v) is 5.11. The molecule has 2 heterocycles. The van der Waals surface area contributed by atoms with Gasteiger partial charge in [0.2, 0.25) is 0 Å². The highest BCUT2D eigenvalue weighted by molar-refractivity contribution is 7.91. The normalized spacial score (nSPS) is 20.1. The van der Waals surface area contributed by atoms with Gasteiger partial charge in [-0.25, -0.2) is 8.42 Å². The minimum absolute atomic E-state index is 0.0985. The minimum atomic E-state index is -3.73. The van der Waals surface area contributed by atoms with E-state index in [2.05, 4.69) is 5.32 Å². The summed E-state index contributed by atoms with van der Waals surface area (Å²) in [4.78, 5) is 10.0. The molecule has 0 aliphatic carbocycles. The van der Waals surface area contributed by atoms with Crippen LogP contribution in [0.15, 0.2) is 10.3 Å². The van der Waals surface area contributed by atoms with Crippen molar-refractivity contribution in [3.8, 4) is 0 Å². The van der Waals surface area contributed by atoms with Crippen molar-refractivity contribution in [3.63, 3.8) is 0 Å². The third-order valence-electron chi connectivity index (χ3n) is 3.02. The van der Waals surface area contributed by atoms with Gasteiger partial charge in [-0.15, -0.1) is 11.3 Å². The van der Waals surface area contributed by atoms with Gasteiger partial charge in [-0.05, 0) is 13.0 Å². The van der Waals surface area contributed by atoms with E-state index in [1.807, 2.05) is 0 Å². The molecule has 0 radical (unpaired) electrons. The Labute approximate surface area is 119 Å². The number of nitro groups is 1. The lowest BCUT2D eigenvalue weighted by Crippen LogP contribution is -2.37. The van der Waals surface area contributed by atoms with E-state index in [0.29, 0.717) is 17.9 Å². The van der Waals surface area contributed by atoms with Crippen LogP contribution in [0, 0.1) is 10.1 Å². The number of thiophene rings is 1. The molecule has 1 atom stereocenters. The molecule has 106 valence electrons. The molecule has 0 bridgehead atoms. The predicted octanol–water partition coefficient (Wildman–Crippen LogP) is 1.29. The van der Waals surface area contributed by atoms with Crippen LogP contribution >= 0.6 is 22.9 Å². The van der Waals surface area contributed by atoms with E-state index >= 15 is 0 Å². The molecule has 2 rings (SSSR count). The lowest BCUT2D eigenvalue weighted by Gasteiger charge is -2.21. The summed E-state index contributed by atoms with van der Waals surface area (Å²) in [5, 5.41) is 13.8. The molecule has 1 saturated heterocycles. The summed E-state index contributed by atoms with van der Waals surface area (Å²) in [5.74, 6) is 0. The molecule has 0 amide bonds. The first-order valence-corrected chi connectivity index (χ1v) is 8.10. The number of nitrogens with zero attached hydrogens (tertiary/aromatic N) is 2. The molecular formula is C9H12ClN3O4S2. The number of hydrogen-bond donors (Lipinski definition) is 1. The monoisotopic (exact) mass is 325 g/mol. The second kappa shape index (κ2) is 5.33. The number of rotatable bonds is 4. The summed E-state index contributed by atoms with van der Waals surface area (Å²) >= 11 is 6.40. The molecule has 1 N–H and O–H groups in total. The average Bonchev–Trinajstić information content (AvgIpc) is 2.96. The van der Waals surface area contributed by atoms with Crippen molar-refractivity contribution in [1.29, 1.82) is 0 Å². The number of likely N-dealkylation sites (N-methyl/N-ethyl adjacent to an activating group) is 1. The molecule has 1 fully saturated rings. The van der Waals surface area contributed by atoms with Crippen molar-refractivity contribution in [2.75, 3.05) is 20.1 Å². The molecular weight excluding hydrogens is 314 g/mol. The summed E-state index contributed by atoms with van der Waals surface area (Å²) in [7, 11) is -2.26. The van der Waals surface area contributed by atoms with Gasteiger partial charge < -0.3 is 5.32 Å². The van der Waals surface area contributed by atoms with Crippen molar-refractivity contribution in [2.45, 2.75) is 16.7 Å². The van der Waals surface area contributed by atoms with Crippen LogP contribution in [0.1, 0.15) is 6.42 Å². The van der Waals surface area contributed by atoms with Crippen LogP contribution in [0.5, 0.6) is 0 Å². The Morgan fingerprint density at radius 2 is 2.32 bits per heavy atom. The van der Waals surface area contributed by atoms with Crippen LogP contribution in [0.25, 0.3) is 0 Å². The molecule has 0 saturated carbocycles. The third kappa shape index (κ3) is 2.75. The van der Waals surface area contributed by atoms with Gasteiger partial charge in [-0.2, -0.15) is 4.31 Å². The van der Waals surface area contributed by atoms with Gasteiger partial charge in [0.15, 0.2) is 4.34 Å². The van der Waals surface area contributed by atoms with Gasteiger partial charge in [0.05, 0.1) is 4.92 Å². The summed E-state index contributed by atoms with van der Waals surface area (Å²) in [6.45, 7) is 1.34. The molecule has 19 heavy (non-hydrogen) atoms. The Morgan fingerprint density at radius 3 is 2.79 bits per heavy atom. The van der Waals surface area contributed by atoms with Crippen molar-refractivity contribution < 1.29 is 13.3 Å². The number of sulfonamides is 1. The molecule has 1 unspecified atom stereocenters. The second-order valence-electron chi connectivity index (χ2n) is 4.15. The Bertz CT molecular complexity index is 595. The van der Waals surface area contributed by atoms with Gasteiger partial charge in [0, 0.05) is 25.7 Å². The predicted molar refractivity (Wildman–Crippen MR) is 72.2 cm³/mol. The Hall–Kier alpha value is -0.740. The Kier molecular flexibility index (Phi) is 4.11. The zero-order chi connectivity index (χ0) is 14.2. The molecule has 0 aromatic carbocycles. The van der Waals surface area contributed by atoms with Crippen molar-refractivity contribution in [1.82, 2.24) is 9.62 Å². The summed E-state index contributed by atoms with van der Waals surface area (Å²) in [5.41, 5.74) is -0.372. The van der Waals surface area contributed by atoms with Gasteiger partial charge in [0.25, 0.3) is 15.7 Å². The first kappa shape index (κ1) is 14.7. The molecule has 1 aliphatic rings. The zero-order valence-corrected chi connectivity index (χ0v) is 12.4. The molecule has 1 aromatic heterocycles. The highest BCUT2D eigenvalue weighted by atomic mass is 35.5. The average molecular weight is 326 g/mol. The van der Waals surface area contributed by atoms with Gasteiger partial charge in [0.1, 0.15) is 4.21 Å². The lowest BCUT2D eigenvalue weighted by atomic mass is 10.3. The van der Waals surface area contributed by atoms with Crippen LogP contribution in [0.3, 0.4) is 0 Å². The van der Waals surface area contributed by atoms with Crippen LogP contribution < -0.4 is 5.32 Å². The zero-order valence-electron chi connectivity index (χ0n) is 10.00. The van der Waals surface area contributed by atoms with Crippen LogP contribution in [-0.2, 0) is 10.0 Å². The van der Waals surface area contributed by atoms with E-state index in [0.717, 1.165) is 19.0 Å². The van der Waals surface area contributed by atoms with E-state index < -0.39 is 14.9 Å². The fourth-order valence-electron chi connectivity index (χ4n) is 1.88. The maximum Gasteiger partial charge on any atom is 0.300 e. The van der Waals surface area contributed by atoms with Crippen molar-refractivity contribution >= 4 is 38.6 Å². The first-order valence-electron chi connectivity index (χ1n) is 5.46. The van der Waals surface area contributed by atoms with E-state index in [1.165, 1.54) is 11.4 Å². The van der Waals surface area contributed by atoms with Crippen LogP contribution in [0.4, 0.5) is 5.69 Å². The smallest absolute Gasteiger partial charge is 0.300 e. The van der Waals surface area contributed by atoms with Crippen LogP contribution in [0.2, 0.25) is 4.34 Å². The molecule has 10 heteroatoms. The van der Waals surface area contributed by atoms with Crippen molar-refractivity contribution in [2.24, 2.45) is 0 Å². The SMILES string of the molecule is CN(C1CCNC1)S(=O)(=O)c1cc([N+](=O)[O-])c(Cl)s1. The largest absolute Gasteiger partial charge is 0.315 e. The molecule has 1 aromatic rings. The molecule has 7 nitrogen and oxygen atoms in total. The second-order valence-corrected chi connectivity index (χ2v) is 8.03. The Morgan fingerprint density at radius 1 is 1.63 bits per heavy atom.